The molecule has 1 fully saturated rings. The standard InChI is InChI=1S/C15H19F3N2O2/c1-2-3-10-22-12-7-5-4-6-11(12)14(15(16,17)18)20-9-8-13(21)19-20/h4-7,14H,2-3,8-10H2,1H3,(H,19,21)/t14-/m0/s1. The highest BCUT2D eigenvalue weighted by Gasteiger charge is 2.48. The summed E-state index contributed by atoms with van der Waals surface area (Å²) in [7, 11) is 0. The number of halogens is 3. The van der Waals surface area contributed by atoms with Gasteiger partial charge in [-0.2, -0.15) is 13.2 Å². The monoisotopic (exact) mass is 316 g/mol. The minimum atomic E-state index is -4.51. The molecule has 1 atom stereocenters. The summed E-state index contributed by atoms with van der Waals surface area (Å²) in [6.45, 7) is 2.37. The van der Waals surface area contributed by atoms with Crippen molar-refractivity contribution in [2.45, 2.75) is 38.4 Å². The van der Waals surface area contributed by atoms with E-state index in [2.05, 4.69) is 5.43 Å². The highest BCUT2D eigenvalue weighted by molar-refractivity contribution is 5.77. The molecule has 0 bridgehead atoms. The van der Waals surface area contributed by atoms with Gasteiger partial charge in [0.05, 0.1) is 6.61 Å². The summed E-state index contributed by atoms with van der Waals surface area (Å²) in [6, 6.07) is 4.20. The number of benzene rings is 1. The third-order valence-electron chi connectivity index (χ3n) is 3.44. The van der Waals surface area contributed by atoms with Crippen molar-refractivity contribution in [3.63, 3.8) is 0 Å². The van der Waals surface area contributed by atoms with Crippen molar-refractivity contribution < 1.29 is 22.7 Å². The Balaban J connectivity index is 2.29. The largest absolute Gasteiger partial charge is 0.493 e. The zero-order valence-corrected chi connectivity index (χ0v) is 12.3. The van der Waals surface area contributed by atoms with Crippen LogP contribution in [0.5, 0.6) is 5.75 Å². The van der Waals surface area contributed by atoms with Gasteiger partial charge in [-0.1, -0.05) is 31.5 Å². The summed E-state index contributed by atoms with van der Waals surface area (Å²) in [4.78, 5) is 11.3. The van der Waals surface area contributed by atoms with Gasteiger partial charge in [-0.15, -0.1) is 0 Å². The van der Waals surface area contributed by atoms with Crippen molar-refractivity contribution in [1.82, 2.24) is 10.4 Å². The van der Waals surface area contributed by atoms with Crippen molar-refractivity contribution in [1.29, 1.82) is 0 Å². The first-order chi connectivity index (χ1) is 10.4. The molecule has 1 N–H and O–H groups in total. The number of unbranched alkanes of at least 4 members (excludes halogenated alkanes) is 1. The molecular weight excluding hydrogens is 297 g/mol. The van der Waals surface area contributed by atoms with Crippen LogP contribution in [-0.4, -0.2) is 30.2 Å². The zero-order chi connectivity index (χ0) is 16.2. The third kappa shape index (κ3) is 3.91. The highest BCUT2D eigenvalue weighted by atomic mass is 19.4. The Hall–Kier alpha value is -1.76. The molecule has 1 aromatic rings. The Labute approximate surface area is 127 Å². The van der Waals surface area contributed by atoms with Crippen LogP contribution >= 0.6 is 0 Å². The van der Waals surface area contributed by atoms with Gasteiger partial charge in [-0.05, 0) is 12.5 Å². The van der Waals surface area contributed by atoms with Crippen LogP contribution in [0.15, 0.2) is 24.3 Å². The first-order valence-corrected chi connectivity index (χ1v) is 7.28. The number of alkyl halides is 3. The van der Waals surface area contributed by atoms with Crippen LogP contribution in [0.4, 0.5) is 13.2 Å². The fraction of sp³-hybridized carbons (Fsp3) is 0.533. The van der Waals surface area contributed by atoms with Crippen molar-refractivity contribution in [3.05, 3.63) is 29.8 Å². The number of hydrogen-bond acceptors (Lipinski definition) is 3. The molecule has 0 unspecified atom stereocenters. The van der Waals surface area contributed by atoms with E-state index in [1.165, 1.54) is 12.1 Å². The number of para-hydroxylation sites is 1. The summed E-state index contributed by atoms with van der Waals surface area (Å²) in [6.07, 6.45) is -2.79. The third-order valence-corrected chi connectivity index (χ3v) is 3.44. The van der Waals surface area contributed by atoms with Crippen LogP contribution in [0, 0.1) is 0 Å². The van der Waals surface area contributed by atoms with E-state index < -0.39 is 18.1 Å². The number of carbonyl (C=O) groups excluding carboxylic acids is 1. The molecular formula is C15H19F3N2O2. The van der Waals surface area contributed by atoms with Gasteiger partial charge in [0.2, 0.25) is 5.91 Å². The number of rotatable bonds is 6. The summed E-state index contributed by atoms with van der Waals surface area (Å²) in [5.74, 6) is -0.196. The summed E-state index contributed by atoms with van der Waals surface area (Å²) >= 11 is 0. The maximum atomic E-state index is 13.5. The molecule has 1 aliphatic heterocycles. The molecule has 1 amide bonds. The van der Waals surface area contributed by atoms with Crippen LogP contribution in [0.3, 0.4) is 0 Å². The quantitative estimate of drug-likeness (QED) is 0.820. The maximum Gasteiger partial charge on any atom is 0.410 e. The van der Waals surface area contributed by atoms with Gasteiger partial charge in [-0.3, -0.25) is 10.2 Å². The average Bonchev–Trinajstić information content (AvgIpc) is 2.85. The number of hydrogen-bond donors (Lipinski definition) is 1. The van der Waals surface area contributed by atoms with Crippen LogP contribution < -0.4 is 10.2 Å². The molecule has 0 saturated carbocycles. The number of ether oxygens (including phenoxy) is 1. The normalized spacial score (nSPS) is 17.4. The first kappa shape index (κ1) is 16.6. The minimum absolute atomic E-state index is 0.0201. The Morgan fingerprint density at radius 3 is 2.68 bits per heavy atom. The molecule has 0 aliphatic carbocycles. The highest BCUT2D eigenvalue weighted by Crippen LogP contribution is 2.41. The first-order valence-electron chi connectivity index (χ1n) is 7.28. The van der Waals surface area contributed by atoms with Gasteiger partial charge >= 0.3 is 6.18 Å². The Bertz CT molecular complexity index is 520. The average molecular weight is 316 g/mol. The topological polar surface area (TPSA) is 41.6 Å². The lowest BCUT2D eigenvalue weighted by molar-refractivity contribution is -0.191. The molecule has 2 rings (SSSR count). The second-order valence-electron chi connectivity index (χ2n) is 5.16. The van der Waals surface area contributed by atoms with E-state index in [0.29, 0.717) is 6.61 Å². The summed E-state index contributed by atoms with van der Waals surface area (Å²) in [5, 5.41) is 0.935. The predicted molar refractivity (Wildman–Crippen MR) is 75.1 cm³/mol. The minimum Gasteiger partial charge on any atom is -0.493 e. The maximum absolute atomic E-state index is 13.5. The summed E-state index contributed by atoms with van der Waals surface area (Å²) < 4.78 is 46.0. The van der Waals surface area contributed by atoms with Gasteiger partial charge < -0.3 is 4.74 Å². The lowest BCUT2D eigenvalue weighted by atomic mass is 10.0. The Morgan fingerprint density at radius 1 is 1.36 bits per heavy atom. The van der Waals surface area contributed by atoms with Crippen molar-refractivity contribution in [2.24, 2.45) is 0 Å². The smallest absolute Gasteiger partial charge is 0.410 e. The SMILES string of the molecule is CCCCOc1ccccc1[C@H](N1CCC(=O)N1)C(F)(F)F. The van der Waals surface area contributed by atoms with E-state index in [1.807, 2.05) is 6.92 Å². The van der Waals surface area contributed by atoms with Crippen LogP contribution in [0.1, 0.15) is 37.8 Å². The fourth-order valence-corrected chi connectivity index (χ4v) is 2.37. The molecule has 4 nitrogen and oxygen atoms in total. The lowest BCUT2D eigenvalue weighted by Crippen LogP contribution is -2.43. The van der Waals surface area contributed by atoms with E-state index in [9.17, 15) is 18.0 Å². The van der Waals surface area contributed by atoms with Gasteiger partial charge in [0.25, 0.3) is 0 Å². The lowest BCUT2D eigenvalue weighted by Gasteiger charge is -2.30. The van der Waals surface area contributed by atoms with E-state index in [1.54, 1.807) is 12.1 Å². The van der Waals surface area contributed by atoms with Gasteiger partial charge in [0.15, 0.2) is 6.04 Å². The van der Waals surface area contributed by atoms with Crippen LogP contribution in [-0.2, 0) is 4.79 Å². The molecule has 7 heteroatoms. The predicted octanol–water partition coefficient (Wildman–Crippen LogP) is 3.21. The number of amides is 1. The van der Waals surface area contributed by atoms with Crippen molar-refractivity contribution in [2.75, 3.05) is 13.2 Å². The molecule has 22 heavy (non-hydrogen) atoms. The molecule has 122 valence electrons. The number of nitrogens with zero attached hydrogens (tertiary/aromatic N) is 1. The van der Waals surface area contributed by atoms with Gasteiger partial charge in [0, 0.05) is 18.5 Å². The second kappa shape index (κ2) is 7.00. The van der Waals surface area contributed by atoms with Crippen molar-refractivity contribution in [3.8, 4) is 5.75 Å². The summed E-state index contributed by atoms with van der Waals surface area (Å²) in [5.41, 5.74) is 2.29. The van der Waals surface area contributed by atoms with E-state index >= 15 is 0 Å². The Morgan fingerprint density at radius 2 is 2.09 bits per heavy atom. The molecule has 0 radical (unpaired) electrons. The molecule has 0 spiro atoms. The molecule has 0 aromatic heterocycles. The molecule has 1 aromatic carbocycles. The molecule has 1 saturated heterocycles. The second-order valence-corrected chi connectivity index (χ2v) is 5.16. The fourth-order valence-electron chi connectivity index (χ4n) is 2.37. The van der Waals surface area contributed by atoms with E-state index in [4.69, 9.17) is 4.74 Å². The van der Waals surface area contributed by atoms with E-state index in [0.717, 1.165) is 17.9 Å². The van der Waals surface area contributed by atoms with Crippen molar-refractivity contribution >= 4 is 5.91 Å². The number of carbonyl (C=O) groups is 1. The Kier molecular flexibility index (Phi) is 5.28. The van der Waals surface area contributed by atoms with Gasteiger partial charge in [0.1, 0.15) is 5.75 Å². The van der Waals surface area contributed by atoms with Gasteiger partial charge in [-0.25, -0.2) is 5.01 Å². The van der Waals surface area contributed by atoms with Crippen LogP contribution in [0.2, 0.25) is 0 Å². The molecule has 1 aliphatic rings. The zero-order valence-electron chi connectivity index (χ0n) is 12.3. The van der Waals surface area contributed by atoms with Crippen LogP contribution in [0.25, 0.3) is 0 Å². The number of nitrogens with one attached hydrogen (secondary N) is 1. The number of hydrazine groups is 1. The van der Waals surface area contributed by atoms with E-state index in [-0.39, 0.29) is 24.3 Å². The molecule has 1 heterocycles.